The fraction of sp³-hybridized carbons (Fsp3) is 0.562. The van der Waals surface area contributed by atoms with Crippen molar-refractivity contribution in [1.29, 1.82) is 0 Å². The van der Waals surface area contributed by atoms with E-state index in [0.717, 1.165) is 25.7 Å². The molecule has 1 aromatic carbocycles. The summed E-state index contributed by atoms with van der Waals surface area (Å²) in [5.74, 6) is 0.527. The largest absolute Gasteiger partial charge is 0.497 e. The lowest BCUT2D eigenvalue weighted by molar-refractivity contribution is -0.121. The zero-order valence-electron chi connectivity index (χ0n) is 12.6. The third-order valence-electron chi connectivity index (χ3n) is 3.83. The van der Waals surface area contributed by atoms with Crippen molar-refractivity contribution < 1.29 is 14.3 Å². The topological polar surface area (TPSA) is 73.6 Å². The number of rotatable bonds is 6. The Morgan fingerprint density at radius 3 is 2.81 bits per heavy atom. The van der Waals surface area contributed by atoms with Gasteiger partial charge in [0.2, 0.25) is 5.91 Å². The van der Waals surface area contributed by atoms with Crippen molar-refractivity contribution in [2.75, 3.05) is 25.6 Å². The molecule has 1 saturated carbocycles. The predicted octanol–water partition coefficient (Wildman–Crippen LogP) is 2.31. The summed E-state index contributed by atoms with van der Waals surface area (Å²) in [7, 11) is 1.59. The fourth-order valence-electron chi connectivity index (χ4n) is 2.65. The van der Waals surface area contributed by atoms with Crippen molar-refractivity contribution in [3.05, 3.63) is 24.3 Å². The molecule has 0 spiro atoms. The van der Waals surface area contributed by atoms with Gasteiger partial charge in [-0.2, -0.15) is 0 Å². The van der Waals surface area contributed by atoms with Crippen molar-refractivity contribution >= 4 is 11.6 Å². The minimum atomic E-state index is -0.255. The average molecular weight is 292 g/mol. The minimum Gasteiger partial charge on any atom is -0.497 e. The molecule has 0 radical (unpaired) electrons. The highest BCUT2D eigenvalue weighted by atomic mass is 16.5. The maximum absolute atomic E-state index is 11.8. The number of methoxy groups -OCH3 is 1. The number of carbonyl (C=O) groups is 1. The predicted molar refractivity (Wildman–Crippen MR) is 82.4 cm³/mol. The Labute approximate surface area is 125 Å². The lowest BCUT2D eigenvalue weighted by atomic mass is 9.83. The van der Waals surface area contributed by atoms with Crippen molar-refractivity contribution in [1.82, 2.24) is 0 Å². The molecule has 21 heavy (non-hydrogen) atoms. The molecule has 1 amide bonds. The van der Waals surface area contributed by atoms with Crippen molar-refractivity contribution in [3.8, 4) is 5.75 Å². The van der Waals surface area contributed by atoms with E-state index in [9.17, 15) is 4.79 Å². The Bertz CT molecular complexity index is 470. The van der Waals surface area contributed by atoms with Crippen LogP contribution in [0.4, 0.5) is 5.69 Å². The van der Waals surface area contributed by atoms with Crippen molar-refractivity contribution in [2.24, 2.45) is 5.73 Å². The van der Waals surface area contributed by atoms with E-state index in [1.165, 1.54) is 6.42 Å². The molecule has 5 heteroatoms. The zero-order valence-corrected chi connectivity index (χ0v) is 12.6. The number of amides is 1. The van der Waals surface area contributed by atoms with E-state index < -0.39 is 0 Å². The summed E-state index contributed by atoms with van der Waals surface area (Å²) in [5.41, 5.74) is 6.70. The van der Waals surface area contributed by atoms with E-state index in [-0.39, 0.29) is 18.1 Å². The Hall–Kier alpha value is -1.59. The van der Waals surface area contributed by atoms with Gasteiger partial charge >= 0.3 is 0 Å². The first-order chi connectivity index (χ1) is 10.1. The summed E-state index contributed by atoms with van der Waals surface area (Å²) >= 11 is 0. The molecule has 0 bridgehead atoms. The summed E-state index contributed by atoms with van der Waals surface area (Å²) in [6, 6.07) is 7.23. The summed E-state index contributed by atoms with van der Waals surface area (Å²) in [6.45, 7) is 0.467. The first-order valence-electron chi connectivity index (χ1n) is 7.42. The number of anilines is 1. The maximum Gasteiger partial charge on any atom is 0.250 e. The molecule has 5 nitrogen and oxygen atoms in total. The number of carbonyl (C=O) groups excluding carboxylic acids is 1. The third kappa shape index (κ3) is 5.02. The number of hydrogen-bond acceptors (Lipinski definition) is 4. The van der Waals surface area contributed by atoms with Crippen LogP contribution in [0.15, 0.2) is 24.3 Å². The second-order valence-corrected chi connectivity index (χ2v) is 5.70. The van der Waals surface area contributed by atoms with Gasteiger partial charge in [0, 0.05) is 17.3 Å². The number of nitrogens with one attached hydrogen (secondary N) is 1. The van der Waals surface area contributed by atoms with Gasteiger partial charge in [-0.3, -0.25) is 4.79 Å². The van der Waals surface area contributed by atoms with Crippen LogP contribution in [0.5, 0.6) is 5.75 Å². The van der Waals surface area contributed by atoms with Gasteiger partial charge in [0.05, 0.1) is 13.7 Å². The molecule has 0 atom stereocenters. The average Bonchev–Trinajstić information content (AvgIpc) is 2.48. The Balaban J connectivity index is 1.74. The molecule has 2 rings (SSSR count). The second kappa shape index (κ2) is 7.43. The maximum atomic E-state index is 11.8. The molecule has 116 valence electrons. The summed E-state index contributed by atoms with van der Waals surface area (Å²) in [5, 5.41) is 2.78. The van der Waals surface area contributed by atoms with Crippen LogP contribution in [-0.2, 0) is 9.53 Å². The first-order valence-corrected chi connectivity index (χ1v) is 7.42. The van der Waals surface area contributed by atoms with Gasteiger partial charge in [-0.1, -0.05) is 25.3 Å². The van der Waals surface area contributed by atoms with E-state index in [0.29, 0.717) is 18.0 Å². The van der Waals surface area contributed by atoms with Crippen LogP contribution < -0.4 is 15.8 Å². The summed E-state index contributed by atoms with van der Waals surface area (Å²) in [4.78, 5) is 11.8. The highest BCUT2D eigenvalue weighted by molar-refractivity contribution is 5.91. The SMILES string of the molecule is COc1cccc(NC(=O)COCC2(N)CCCCC2)c1. The fourth-order valence-corrected chi connectivity index (χ4v) is 2.65. The first kappa shape index (κ1) is 15.8. The monoisotopic (exact) mass is 292 g/mol. The molecule has 3 N–H and O–H groups in total. The quantitative estimate of drug-likeness (QED) is 0.844. The number of hydrogen-bond donors (Lipinski definition) is 2. The molecule has 1 aliphatic rings. The molecule has 0 unspecified atom stereocenters. The minimum absolute atomic E-state index is 0.0240. The highest BCUT2D eigenvalue weighted by Gasteiger charge is 2.27. The lowest BCUT2D eigenvalue weighted by Crippen LogP contribution is -2.46. The molecule has 0 heterocycles. The highest BCUT2D eigenvalue weighted by Crippen LogP contribution is 2.26. The van der Waals surface area contributed by atoms with Gasteiger partial charge < -0.3 is 20.5 Å². The van der Waals surface area contributed by atoms with Crippen molar-refractivity contribution in [2.45, 2.75) is 37.6 Å². The number of ether oxygens (including phenoxy) is 2. The van der Waals surface area contributed by atoms with E-state index in [1.54, 1.807) is 13.2 Å². The molecular weight excluding hydrogens is 268 g/mol. The third-order valence-corrected chi connectivity index (χ3v) is 3.83. The Morgan fingerprint density at radius 2 is 2.10 bits per heavy atom. The van der Waals surface area contributed by atoms with Crippen LogP contribution in [0, 0.1) is 0 Å². The standard InChI is InChI=1S/C16H24N2O3/c1-20-14-7-5-6-13(10-14)18-15(19)11-21-12-16(17)8-3-2-4-9-16/h5-7,10H,2-4,8-9,11-12,17H2,1H3,(H,18,19). The van der Waals surface area contributed by atoms with Crippen LogP contribution >= 0.6 is 0 Å². The molecule has 0 saturated heterocycles. The second-order valence-electron chi connectivity index (χ2n) is 5.70. The molecule has 1 fully saturated rings. The van der Waals surface area contributed by atoms with Gasteiger partial charge in [0.1, 0.15) is 12.4 Å². The van der Waals surface area contributed by atoms with Crippen LogP contribution in [0.25, 0.3) is 0 Å². The normalized spacial score (nSPS) is 17.2. The van der Waals surface area contributed by atoms with Gasteiger partial charge in [-0.25, -0.2) is 0 Å². The van der Waals surface area contributed by atoms with Gasteiger partial charge in [-0.15, -0.1) is 0 Å². The van der Waals surface area contributed by atoms with E-state index >= 15 is 0 Å². The van der Waals surface area contributed by atoms with E-state index in [4.69, 9.17) is 15.2 Å². The van der Waals surface area contributed by atoms with E-state index in [1.807, 2.05) is 18.2 Å². The van der Waals surface area contributed by atoms with Gasteiger partial charge in [0.25, 0.3) is 0 Å². The molecule has 0 aromatic heterocycles. The Morgan fingerprint density at radius 1 is 1.33 bits per heavy atom. The lowest BCUT2D eigenvalue weighted by Gasteiger charge is -2.32. The van der Waals surface area contributed by atoms with Crippen molar-refractivity contribution in [3.63, 3.8) is 0 Å². The molecule has 1 aromatic rings. The molecule has 0 aliphatic heterocycles. The Kier molecular flexibility index (Phi) is 5.59. The number of nitrogens with two attached hydrogens (primary N) is 1. The van der Waals surface area contributed by atoms with Gasteiger partial charge in [-0.05, 0) is 25.0 Å². The smallest absolute Gasteiger partial charge is 0.250 e. The van der Waals surface area contributed by atoms with Gasteiger partial charge in [0.15, 0.2) is 0 Å². The van der Waals surface area contributed by atoms with Crippen LogP contribution in [0.2, 0.25) is 0 Å². The van der Waals surface area contributed by atoms with Crippen LogP contribution in [0.3, 0.4) is 0 Å². The van der Waals surface area contributed by atoms with Crippen LogP contribution in [0.1, 0.15) is 32.1 Å². The number of benzene rings is 1. The zero-order chi connectivity index (χ0) is 15.1. The van der Waals surface area contributed by atoms with Crippen LogP contribution in [-0.4, -0.2) is 31.8 Å². The van der Waals surface area contributed by atoms with E-state index in [2.05, 4.69) is 5.32 Å². The molecular formula is C16H24N2O3. The molecule has 1 aliphatic carbocycles. The summed E-state index contributed by atoms with van der Waals surface area (Å²) < 4.78 is 10.6. The summed E-state index contributed by atoms with van der Waals surface area (Å²) in [6.07, 6.45) is 5.50.